The van der Waals surface area contributed by atoms with Gasteiger partial charge in [0.2, 0.25) is 0 Å². The lowest BCUT2D eigenvalue weighted by Crippen LogP contribution is -2.29. The molecule has 0 saturated heterocycles. The highest BCUT2D eigenvalue weighted by atomic mass is 16.2. The van der Waals surface area contributed by atoms with Crippen molar-refractivity contribution in [3.8, 4) is 0 Å². The van der Waals surface area contributed by atoms with E-state index in [1.165, 1.54) is 6.20 Å². The Morgan fingerprint density at radius 2 is 2.11 bits per heavy atom. The molecule has 1 heterocycles. The number of nitrogen functional groups attached to an aromatic ring is 1. The van der Waals surface area contributed by atoms with E-state index >= 15 is 0 Å². The van der Waals surface area contributed by atoms with E-state index in [0.717, 1.165) is 11.3 Å². The summed E-state index contributed by atoms with van der Waals surface area (Å²) in [7, 11) is 1.75. The van der Waals surface area contributed by atoms with Crippen LogP contribution in [0.4, 0.5) is 11.4 Å². The topological polar surface area (TPSA) is 64.2 Å². The number of anilines is 2. The van der Waals surface area contributed by atoms with Crippen LogP contribution in [-0.4, -0.2) is 22.7 Å². The molecule has 0 aliphatic rings. The van der Waals surface area contributed by atoms with Crippen LogP contribution in [0.25, 0.3) is 0 Å². The summed E-state index contributed by atoms with van der Waals surface area (Å²) < 4.78 is 1.62. The zero-order chi connectivity index (χ0) is 14.0. The molecule has 0 saturated carbocycles. The molecule has 1 amide bonds. The zero-order valence-corrected chi connectivity index (χ0v) is 11.4. The Hall–Kier alpha value is -2.30. The van der Waals surface area contributed by atoms with Gasteiger partial charge in [-0.05, 0) is 25.5 Å². The van der Waals surface area contributed by atoms with E-state index in [4.69, 9.17) is 5.73 Å². The largest absolute Gasteiger partial charge is 0.396 e. The van der Waals surface area contributed by atoms with Crippen molar-refractivity contribution in [1.82, 2.24) is 9.78 Å². The summed E-state index contributed by atoms with van der Waals surface area (Å²) in [6, 6.07) is 7.74. The minimum Gasteiger partial charge on any atom is -0.396 e. The lowest BCUT2D eigenvalue weighted by atomic mass is 10.2. The van der Waals surface area contributed by atoms with Crippen molar-refractivity contribution < 1.29 is 4.79 Å². The van der Waals surface area contributed by atoms with E-state index in [1.807, 2.05) is 38.1 Å². The van der Waals surface area contributed by atoms with E-state index in [-0.39, 0.29) is 5.91 Å². The number of hydrogen-bond donors (Lipinski definition) is 1. The van der Waals surface area contributed by atoms with E-state index in [0.29, 0.717) is 17.9 Å². The monoisotopic (exact) mass is 258 g/mol. The van der Waals surface area contributed by atoms with E-state index in [1.54, 1.807) is 16.6 Å². The van der Waals surface area contributed by atoms with Crippen molar-refractivity contribution in [2.75, 3.05) is 17.7 Å². The molecular formula is C14H18N4O. The SMILES string of the molecule is CCn1ncc(N)c1C(=O)N(C)c1ccccc1C. The normalized spacial score (nSPS) is 10.5. The van der Waals surface area contributed by atoms with Crippen LogP contribution in [0.1, 0.15) is 23.0 Å². The molecule has 1 aromatic heterocycles. The molecular weight excluding hydrogens is 240 g/mol. The standard InChI is InChI=1S/C14H18N4O/c1-4-18-13(11(15)9-16-18)14(19)17(3)12-8-6-5-7-10(12)2/h5-9H,4,15H2,1-3H3. The first-order valence-electron chi connectivity index (χ1n) is 6.21. The summed E-state index contributed by atoms with van der Waals surface area (Å²) in [6.07, 6.45) is 1.52. The average Bonchev–Trinajstić information content (AvgIpc) is 2.78. The minimum absolute atomic E-state index is 0.147. The molecule has 19 heavy (non-hydrogen) atoms. The Balaban J connectivity index is 2.39. The molecule has 2 aromatic rings. The number of hydrogen-bond acceptors (Lipinski definition) is 3. The quantitative estimate of drug-likeness (QED) is 0.916. The smallest absolute Gasteiger partial charge is 0.278 e. The second-order valence-electron chi connectivity index (χ2n) is 4.41. The molecule has 0 aliphatic carbocycles. The first-order chi connectivity index (χ1) is 9.06. The third-order valence-corrected chi connectivity index (χ3v) is 3.15. The molecule has 1 aromatic carbocycles. The van der Waals surface area contributed by atoms with Crippen LogP contribution >= 0.6 is 0 Å². The lowest BCUT2D eigenvalue weighted by molar-refractivity contribution is 0.0983. The summed E-state index contributed by atoms with van der Waals surface area (Å²) >= 11 is 0. The highest BCUT2D eigenvalue weighted by Crippen LogP contribution is 2.22. The van der Waals surface area contributed by atoms with E-state index in [9.17, 15) is 4.79 Å². The third kappa shape index (κ3) is 2.31. The summed E-state index contributed by atoms with van der Waals surface area (Å²) in [6.45, 7) is 4.51. The summed E-state index contributed by atoms with van der Waals surface area (Å²) in [5, 5.41) is 4.10. The van der Waals surface area contributed by atoms with Crippen molar-refractivity contribution in [2.24, 2.45) is 0 Å². The first-order valence-corrected chi connectivity index (χ1v) is 6.21. The Kier molecular flexibility index (Phi) is 3.55. The van der Waals surface area contributed by atoms with Crippen LogP contribution in [0.2, 0.25) is 0 Å². The molecule has 2 N–H and O–H groups in total. The number of benzene rings is 1. The average molecular weight is 258 g/mol. The lowest BCUT2D eigenvalue weighted by Gasteiger charge is -2.20. The fourth-order valence-electron chi connectivity index (χ4n) is 2.08. The van der Waals surface area contributed by atoms with Crippen molar-refractivity contribution in [1.29, 1.82) is 0 Å². The third-order valence-electron chi connectivity index (χ3n) is 3.15. The zero-order valence-electron chi connectivity index (χ0n) is 11.4. The Morgan fingerprint density at radius 3 is 2.74 bits per heavy atom. The second kappa shape index (κ2) is 5.14. The molecule has 0 spiro atoms. The molecule has 0 bridgehead atoms. The molecule has 0 atom stereocenters. The number of para-hydroxylation sites is 1. The van der Waals surface area contributed by atoms with E-state index < -0.39 is 0 Å². The van der Waals surface area contributed by atoms with Gasteiger partial charge in [0.15, 0.2) is 0 Å². The summed E-state index contributed by atoms with van der Waals surface area (Å²) in [5.74, 6) is -0.147. The van der Waals surface area contributed by atoms with Gasteiger partial charge >= 0.3 is 0 Å². The minimum atomic E-state index is -0.147. The number of nitrogens with two attached hydrogens (primary N) is 1. The van der Waals surface area contributed by atoms with Gasteiger partial charge in [-0.25, -0.2) is 0 Å². The van der Waals surface area contributed by atoms with Gasteiger partial charge in [0.25, 0.3) is 5.91 Å². The van der Waals surface area contributed by atoms with Gasteiger partial charge in [0.1, 0.15) is 5.69 Å². The molecule has 5 heteroatoms. The van der Waals surface area contributed by atoms with Crippen LogP contribution in [-0.2, 0) is 6.54 Å². The number of rotatable bonds is 3. The van der Waals surface area contributed by atoms with Crippen LogP contribution in [0.5, 0.6) is 0 Å². The number of aryl methyl sites for hydroxylation is 2. The number of aromatic nitrogens is 2. The molecule has 100 valence electrons. The van der Waals surface area contributed by atoms with Crippen LogP contribution < -0.4 is 10.6 Å². The summed E-state index contributed by atoms with van der Waals surface area (Å²) in [4.78, 5) is 14.2. The molecule has 0 aliphatic heterocycles. The number of carbonyl (C=O) groups excluding carboxylic acids is 1. The van der Waals surface area contributed by atoms with Gasteiger partial charge < -0.3 is 10.6 Å². The van der Waals surface area contributed by atoms with Gasteiger partial charge in [-0.15, -0.1) is 0 Å². The van der Waals surface area contributed by atoms with Crippen LogP contribution in [0, 0.1) is 6.92 Å². The van der Waals surface area contributed by atoms with Gasteiger partial charge in [0, 0.05) is 19.3 Å². The van der Waals surface area contributed by atoms with Gasteiger partial charge in [0.05, 0.1) is 11.9 Å². The number of nitrogens with zero attached hydrogens (tertiary/aromatic N) is 3. The highest BCUT2D eigenvalue weighted by molar-refractivity contribution is 6.08. The summed E-state index contributed by atoms with van der Waals surface area (Å²) in [5.41, 5.74) is 8.60. The van der Waals surface area contributed by atoms with Gasteiger partial charge in [-0.2, -0.15) is 5.10 Å². The van der Waals surface area contributed by atoms with Crippen molar-refractivity contribution >= 4 is 17.3 Å². The molecule has 5 nitrogen and oxygen atoms in total. The molecule has 0 unspecified atom stereocenters. The van der Waals surface area contributed by atoms with Crippen molar-refractivity contribution in [3.63, 3.8) is 0 Å². The molecule has 2 rings (SSSR count). The van der Waals surface area contributed by atoms with Gasteiger partial charge in [-0.1, -0.05) is 18.2 Å². The maximum absolute atomic E-state index is 12.5. The molecule has 0 fully saturated rings. The van der Waals surface area contributed by atoms with Crippen LogP contribution in [0.3, 0.4) is 0 Å². The fourth-order valence-corrected chi connectivity index (χ4v) is 2.08. The Bertz CT molecular complexity index is 603. The van der Waals surface area contributed by atoms with E-state index in [2.05, 4.69) is 5.10 Å². The second-order valence-corrected chi connectivity index (χ2v) is 4.41. The maximum Gasteiger partial charge on any atom is 0.278 e. The van der Waals surface area contributed by atoms with Crippen LogP contribution in [0.15, 0.2) is 30.5 Å². The van der Waals surface area contributed by atoms with Crippen molar-refractivity contribution in [2.45, 2.75) is 20.4 Å². The predicted molar refractivity (Wildman–Crippen MR) is 76.2 cm³/mol. The predicted octanol–water partition coefficient (Wildman–Crippen LogP) is 2.07. The van der Waals surface area contributed by atoms with Gasteiger partial charge in [-0.3, -0.25) is 9.48 Å². The van der Waals surface area contributed by atoms with Crippen molar-refractivity contribution in [3.05, 3.63) is 41.7 Å². The molecule has 0 radical (unpaired) electrons. The highest BCUT2D eigenvalue weighted by Gasteiger charge is 2.21. The number of amides is 1. The maximum atomic E-state index is 12.5. The Labute approximate surface area is 112 Å². The Morgan fingerprint density at radius 1 is 1.42 bits per heavy atom. The first kappa shape index (κ1) is 13.1. The fraction of sp³-hybridized carbons (Fsp3) is 0.286. The number of carbonyl (C=O) groups is 1.